The standard InChI is InChI=1S/C27H18F2N4O4/c1-33-25(11-16-5-3-2-4-6-16)32-15-19(26(33)34)20-8-7-17(14-31-20)35-22-9-10-30-21-13-24-23(12-18(21)22)36-27(28,29)37-24/h2-10,12-15H,11H2,1H3. The first-order valence-electron chi connectivity index (χ1n) is 11.3. The Morgan fingerprint density at radius 2 is 1.73 bits per heavy atom. The van der Waals surface area contributed by atoms with Gasteiger partial charge < -0.3 is 14.2 Å². The summed E-state index contributed by atoms with van der Waals surface area (Å²) in [5, 5.41) is 0.457. The van der Waals surface area contributed by atoms with Crippen molar-refractivity contribution in [1.29, 1.82) is 0 Å². The van der Waals surface area contributed by atoms with Crippen LogP contribution in [0.4, 0.5) is 8.78 Å². The first-order chi connectivity index (χ1) is 17.9. The number of benzene rings is 2. The van der Waals surface area contributed by atoms with Crippen LogP contribution in [0.25, 0.3) is 22.2 Å². The summed E-state index contributed by atoms with van der Waals surface area (Å²) in [5.41, 5.74) is 2.03. The molecule has 0 bridgehead atoms. The molecule has 2 aromatic carbocycles. The maximum atomic E-state index is 13.5. The van der Waals surface area contributed by atoms with E-state index in [9.17, 15) is 13.6 Å². The molecular formula is C27H18F2N4O4. The highest BCUT2D eigenvalue weighted by Gasteiger charge is 2.43. The minimum atomic E-state index is -3.73. The van der Waals surface area contributed by atoms with Gasteiger partial charge in [-0.3, -0.25) is 19.3 Å². The maximum Gasteiger partial charge on any atom is 0.586 e. The fourth-order valence-electron chi connectivity index (χ4n) is 4.08. The molecule has 0 spiro atoms. The maximum absolute atomic E-state index is 13.5. The molecule has 37 heavy (non-hydrogen) atoms. The van der Waals surface area contributed by atoms with Gasteiger partial charge in [-0.2, -0.15) is 0 Å². The highest BCUT2D eigenvalue weighted by Crippen LogP contribution is 2.44. The Hall–Kier alpha value is -4.86. The molecule has 8 nitrogen and oxygen atoms in total. The molecule has 10 heteroatoms. The molecule has 0 N–H and O–H groups in total. The predicted octanol–water partition coefficient (Wildman–Crippen LogP) is 5.10. The van der Waals surface area contributed by atoms with E-state index >= 15 is 0 Å². The number of aromatic nitrogens is 4. The lowest BCUT2D eigenvalue weighted by atomic mass is 10.1. The third-order valence-electron chi connectivity index (χ3n) is 5.93. The molecule has 0 atom stereocenters. The van der Waals surface area contributed by atoms with Crippen LogP contribution in [-0.2, 0) is 13.5 Å². The quantitative estimate of drug-likeness (QED) is 0.332. The Labute approximate surface area is 208 Å². The van der Waals surface area contributed by atoms with Crippen LogP contribution in [0, 0.1) is 0 Å². The van der Waals surface area contributed by atoms with Gasteiger partial charge in [0.15, 0.2) is 11.5 Å². The summed E-state index contributed by atoms with van der Waals surface area (Å²) >= 11 is 0. The number of nitrogens with zero attached hydrogens (tertiary/aromatic N) is 4. The van der Waals surface area contributed by atoms with Crippen LogP contribution in [0.15, 0.2) is 84.0 Å². The number of halogens is 2. The zero-order valence-corrected chi connectivity index (χ0v) is 19.4. The van der Waals surface area contributed by atoms with Gasteiger partial charge in [-0.05, 0) is 29.8 Å². The average Bonchev–Trinajstić information content (AvgIpc) is 3.20. The Kier molecular flexibility index (Phi) is 5.29. The van der Waals surface area contributed by atoms with Crippen LogP contribution in [-0.4, -0.2) is 25.8 Å². The molecule has 0 fully saturated rings. The van der Waals surface area contributed by atoms with Crippen molar-refractivity contribution in [2.75, 3.05) is 0 Å². The van der Waals surface area contributed by atoms with Gasteiger partial charge in [0.1, 0.15) is 17.3 Å². The van der Waals surface area contributed by atoms with Crippen molar-refractivity contribution in [2.24, 2.45) is 7.05 Å². The van der Waals surface area contributed by atoms with Crippen molar-refractivity contribution in [3.05, 3.63) is 101 Å². The zero-order valence-electron chi connectivity index (χ0n) is 19.4. The van der Waals surface area contributed by atoms with Crippen molar-refractivity contribution >= 4 is 10.9 Å². The highest BCUT2D eigenvalue weighted by atomic mass is 19.3. The van der Waals surface area contributed by atoms with Crippen molar-refractivity contribution in [3.63, 3.8) is 0 Å². The van der Waals surface area contributed by atoms with Crippen LogP contribution in [0.2, 0.25) is 0 Å². The molecule has 0 amide bonds. The van der Waals surface area contributed by atoms with E-state index in [4.69, 9.17) is 4.74 Å². The van der Waals surface area contributed by atoms with E-state index in [1.165, 1.54) is 35.3 Å². The summed E-state index contributed by atoms with van der Waals surface area (Å²) in [7, 11) is 1.69. The molecule has 0 radical (unpaired) electrons. The van der Waals surface area contributed by atoms with Gasteiger partial charge in [0.25, 0.3) is 5.56 Å². The van der Waals surface area contributed by atoms with Crippen molar-refractivity contribution in [1.82, 2.24) is 19.5 Å². The predicted molar refractivity (Wildman–Crippen MR) is 130 cm³/mol. The molecule has 0 saturated carbocycles. The van der Waals surface area contributed by atoms with Crippen LogP contribution < -0.4 is 19.8 Å². The Bertz CT molecular complexity index is 1690. The second kappa shape index (κ2) is 8.66. The van der Waals surface area contributed by atoms with Crippen molar-refractivity contribution in [3.8, 4) is 34.3 Å². The van der Waals surface area contributed by atoms with Crippen LogP contribution in [0.1, 0.15) is 11.4 Å². The number of pyridine rings is 2. The Morgan fingerprint density at radius 3 is 2.49 bits per heavy atom. The summed E-state index contributed by atoms with van der Waals surface area (Å²) < 4.78 is 43.4. The van der Waals surface area contributed by atoms with E-state index in [0.717, 1.165) is 5.56 Å². The molecule has 0 aliphatic carbocycles. The molecule has 6 rings (SSSR count). The van der Waals surface area contributed by atoms with Crippen molar-refractivity contribution in [2.45, 2.75) is 12.7 Å². The number of hydrogen-bond donors (Lipinski definition) is 0. The normalized spacial score (nSPS) is 13.6. The smallest absolute Gasteiger partial charge is 0.455 e. The van der Waals surface area contributed by atoms with E-state index in [-0.39, 0.29) is 17.1 Å². The SMILES string of the molecule is Cn1c(Cc2ccccc2)ncc(-c2ccc(Oc3ccnc4cc5c(cc34)OC(F)(F)O5)cn2)c1=O. The third kappa shape index (κ3) is 4.33. The minimum absolute atomic E-state index is 0.0989. The van der Waals surface area contributed by atoms with Gasteiger partial charge in [-0.15, -0.1) is 8.78 Å². The number of ether oxygens (including phenoxy) is 3. The molecule has 0 unspecified atom stereocenters. The van der Waals surface area contributed by atoms with Gasteiger partial charge in [-0.1, -0.05) is 30.3 Å². The fourth-order valence-corrected chi connectivity index (χ4v) is 4.08. The number of fused-ring (bicyclic) bond motifs is 2. The van der Waals surface area contributed by atoms with Gasteiger partial charge in [0, 0.05) is 37.3 Å². The zero-order chi connectivity index (χ0) is 25.6. The molecule has 184 valence electrons. The van der Waals surface area contributed by atoms with Gasteiger partial charge in [-0.25, -0.2) is 4.98 Å². The molecule has 0 saturated heterocycles. The molecule has 1 aliphatic heterocycles. The molecule has 4 heterocycles. The summed E-state index contributed by atoms with van der Waals surface area (Å²) in [4.78, 5) is 26.1. The monoisotopic (exact) mass is 500 g/mol. The fraction of sp³-hybridized carbons (Fsp3) is 0.111. The largest absolute Gasteiger partial charge is 0.586 e. The Balaban J connectivity index is 1.26. The second-order valence-corrected chi connectivity index (χ2v) is 8.39. The number of hydrogen-bond acceptors (Lipinski definition) is 7. The van der Waals surface area contributed by atoms with Crippen LogP contribution >= 0.6 is 0 Å². The lowest BCUT2D eigenvalue weighted by Gasteiger charge is -2.11. The summed E-state index contributed by atoms with van der Waals surface area (Å²) in [6.45, 7) is 0. The van der Waals surface area contributed by atoms with E-state index in [2.05, 4.69) is 24.4 Å². The van der Waals surface area contributed by atoms with Crippen LogP contribution in [0.3, 0.4) is 0 Å². The van der Waals surface area contributed by atoms with Crippen molar-refractivity contribution < 1.29 is 23.0 Å². The number of rotatable bonds is 5. The van der Waals surface area contributed by atoms with E-state index in [1.54, 1.807) is 25.2 Å². The number of alkyl halides is 2. The minimum Gasteiger partial charge on any atom is -0.455 e. The first kappa shape index (κ1) is 22.6. The average molecular weight is 500 g/mol. The molecule has 5 aromatic rings. The van der Waals surface area contributed by atoms with E-state index in [0.29, 0.717) is 45.9 Å². The van der Waals surface area contributed by atoms with Gasteiger partial charge in [0.2, 0.25) is 0 Å². The summed E-state index contributed by atoms with van der Waals surface area (Å²) in [6.07, 6.45) is 1.29. The highest BCUT2D eigenvalue weighted by molar-refractivity contribution is 5.88. The molecule has 1 aliphatic rings. The third-order valence-corrected chi connectivity index (χ3v) is 5.93. The van der Waals surface area contributed by atoms with E-state index < -0.39 is 6.29 Å². The molecule has 3 aromatic heterocycles. The van der Waals surface area contributed by atoms with Crippen LogP contribution in [0.5, 0.6) is 23.0 Å². The lowest BCUT2D eigenvalue weighted by molar-refractivity contribution is -0.286. The Morgan fingerprint density at radius 1 is 0.946 bits per heavy atom. The summed E-state index contributed by atoms with van der Waals surface area (Å²) in [5.74, 6) is 1.18. The first-order valence-corrected chi connectivity index (χ1v) is 11.3. The summed E-state index contributed by atoms with van der Waals surface area (Å²) in [6, 6.07) is 17.5. The van der Waals surface area contributed by atoms with Gasteiger partial charge in [0.05, 0.1) is 23.0 Å². The molecular weight excluding hydrogens is 482 g/mol. The second-order valence-electron chi connectivity index (χ2n) is 8.39. The lowest BCUT2D eigenvalue weighted by Crippen LogP contribution is -2.25. The van der Waals surface area contributed by atoms with E-state index in [1.807, 2.05) is 30.3 Å². The van der Waals surface area contributed by atoms with Gasteiger partial charge >= 0.3 is 6.29 Å². The topological polar surface area (TPSA) is 88.4 Å².